The highest BCUT2D eigenvalue weighted by Gasteiger charge is 2.19. The van der Waals surface area contributed by atoms with Gasteiger partial charge in [-0.15, -0.1) is 0 Å². The highest BCUT2D eigenvalue weighted by Crippen LogP contribution is 2.24. The van der Waals surface area contributed by atoms with Gasteiger partial charge in [0.25, 0.3) is 0 Å². The summed E-state index contributed by atoms with van der Waals surface area (Å²) in [5.41, 5.74) is 0. The molecule has 0 bridgehead atoms. The van der Waals surface area contributed by atoms with E-state index in [9.17, 15) is 4.79 Å². The van der Waals surface area contributed by atoms with E-state index in [0.717, 1.165) is 25.2 Å². The van der Waals surface area contributed by atoms with E-state index in [1.807, 2.05) is 16.5 Å². The number of likely N-dealkylation sites (N-methyl/N-ethyl adjacent to an activating group) is 1. The van der Waals surface area contributed by atoms with Gasteiger partial charge in [0.15, 0.2) is 4.77 Å². The molecule has 0 atom stereocenters. The third-order valence-electron chi connectivity index (χ3n) is 4.29. The molecule has 5 nitrogen and oxygen atoms in total. The molecule has 0 unspecified atom stereocenters. The third kappa shape index (κ3) is 4.40. The zero-order valence-electron chi connectivity index (χ0n) is 13.1. The first-order chi connectivity index (χ1) is 10.1. The number of H-pyrrole nitrogens is 1. The Morgan fingerprint density at radius 2 is 2.14 bits per heavy atom. The number of hydrogen-bond acceptors (Lipinski definition) is 3. The molecule has 0 aliphatic heterocycles. The lowest BCUT2D eigenvalue weighted by molar-refractivity contribution is -0.131. The van der Waals surface area contributed by atoms with Crippen molar-refractivity contribution in [2.24, 2.45) is 5.92 Å². The van der Waals surface area contributed by atoms with Gasteiger partial charge in [-0.2, -0.15) is 5.10 Å². The van der Waals surface area contributed by atoms with Crippen LogP contribution in [0.4, 0.5) is 0 Å². The summed E-state index contributed by atoms with van der Waals surface area (Å²) < 4.78 is 2.37. The Morgan fingerprint density at radius 3 is 2.81 bits per heavy atom. The van der Waals surface area contributed by atoms with Crippen LogP contribution in [0.5, 0.6) is 0 Å². The van der Waals surface area contributed by atoms with Gasteiger partial charge in [-0.25, -0.2) is 0 Å². The lowest BCUT2D eigenvalue weighted by atomic mass is 9.89. The van der Waals surface area contributed by atoms with Crippen LogP contribution in [-0.2, 0) is 17.8 Å². The largest absolute Gasteiger partial charge is 0.344 e. The average molecular weight is 310 g/mol. The van der Waals surface area contributed by atoms with Crippen molar-refractivity contribution < 1.29 is 4.79 Å². The molecule has 1 heterocycles. The van der Waals surface area contributed by atoms with Gasteiger partial charge < -0.3 is 4.90 Å². The standard InChI is InChI=1S/C15H26N4OS/c1-3-7-13-16-17-15(21)19(13)11-14(20)18(2)10-12-8-5-4-6-9-12/h12H,3-11H2,1-2H3,(H,17,21). The molecular weight excluding hydrogens is 284 g/mol. The molecule has 0 radical (unpaired) electrons. The van der Waals surface area contributed by atoms with Crippen molar-refractivity contribution >= 4 is 18.1 Å². The molecule has 6 heteroatoms. The molecule has 1 aromatic heterocycles. The Hall–Kier alpha value is -1.17. The number of amides is 1. The molecule has 1 amide bonds. The molecule has 1 aliphatic carbocycles. The summed E-state index contributed by atoms with van der Waals surface area (Å²) in [6.07, 6.45) is 8.30. The minimum atomic E-state index is 0.121. The van der Waals surface area contributed by atoms with Gasteiger partial charge in [0.05, 0.1) is 0 Å². The number of nitrogens with one attached hydrogen (secondary N) is 1. The van der Waals surface area contributed by atoms with Gasteiger partial charge in [-0.05, 0) is 37.4 Å². The first-order valence-corrected chi connectivity index (χ1v) is 8.40. The molecule has 1 N–H and O–H groups in total. The number of hydrogen-bond donors (Lipinski definition) is 1. The summed E-state index contributed by atoms with van der Waals surface area (Å²) in [6, 6.07) is 0. The van der Waals surface area contributed by atoms with Crippen LogP contribution in [-0.4, -0.2) is 39.2 Å². The summed E-state index contributed by atoms with van der Waals surface area (Å²) in [6.45, 7) is 3.26. The normalized spacial score (nSPS) is 16.1. The quantitative estimate of drug-likeness (QED) is 0.822. The van der Waals surface area contributed by atoms with Gasteiger partial charge in [0.2, 0.25) is 5.91 Å². The molecule has 0 spiro atoms. The van der Waals surface area contributed by atoms with Crippen molar-refractivity contribution in [2.75, 3.05) is 13.6 Å². The van der Waals surface area contributed by atoms with E-state index < -0.39 is 0 Å². The van der Waals surface area contributed by atoms with Crippen molar-refractivity contribution in [1.82, 2.24) is 19.7 Å². The highest BCUT2D eigenvalue weighted by atomic mass is 32.1. The predicted molar refractivity (Wildman–Crippen MR) is 85.6 cm³/mol. The van der Waals surface area contributed by atoms with Crippen molar-refractivity contribution in [3.63, 3.8) is 0 Å². The summed E-state index contributed by atoms with van der Waals surface area (Å²) in [5.74, 6) is 1.66. The van der Waals surface area contributed by atoms with Crippen LogP contribution in [0, 0.1) is 10.7 Å². The SMILES string of the molecule is CCCc1n[nH]c(=S)n1CC(=O)N(C)CC1CCCCC1. The van der Waals surface area contributed by atoms with E-state index in [1.54, 1.807) is 0 Å². The van der Waals surface area contributed by atoms with Gasteiger partial charge in [-0.1, -0.05) is 26.2 Å². The second kappa shape index (κ2) is 7.73. The van der Waals surface area contributed by atoms with E-state index in [4.69, 9.17) is 12.2 Å². The Labute approximate surface area is 131 Å². The molecule has 118 valence electrons. The van der Waals surface area contributed by atoms with Crippen molar-refractivity contribution in [2.45, 2.75) is 58.4 Å². The van der Waals surface area contributed by atoms with Crippen LogP contribution < -0.4 is 0 Å². The Morgan fingerprint density at radius 1 is 1.43 bits per heavy atom. The topological polar surface area (TPSA) is 53.9 Å². The molecule has 2 rings (SSSR count). The van der Waals surface area contributed by atoms with Crippen LogP contribution in [0.3, 0.4) is 0 Å². The van der Waals surface area contributed by atoms with E-state index in [1.165, 1.54) is 32.1 Å². The van der Waals surface area contributed by atoms with E-state index in [-0.39, 0.29) is 5.91 Å². The fraction of sp³-hybridized carbons (Fsp3) is 0.800. The first-order valence-electron chi connectivity index (χ1n) is 7.99. The lowest BCUT2D eigenvalue weighted by Gasteiger charge is -2.27. The number of aryl methyl sites for hydroxylation is 1. The minimum Gasteiger partial charge on any atom is -0.344 e. The number of carbonyl (C=O) groups is 1. The van der Waals surface area contributed by atoms with Crippen LogP contribution in [0.25, 0.3) is 0 Å². The Bertz CT molecular complexity index is 516. The van der Waals surface area contributed by atoms with Crippen molar-refractivity contribution in [3.8, 4) is 0 Å². The fourth-order valence-electron chi connectivity index (χ4n) is 3.04. The van der Waals surface area contributed by atoms with Gasteiger partial charge in [-0.3, -0.25) is 14.5 Å². The predicted octanol–water partition coefficient (Wildman–Crippen LogP) is 2.93. The van der Waals surface area contributed by atoms with Crippen LogP contribution in [0.1, 0.15) is 51.3 Å². The molecular formula is C15H26N4OS. The first kappa shape index (κ1) is 16.2. The molecule has 1 fully saturated rings. The monoisotopic (exact) mass is 310 g/mol. The number of aromatic amines is 1. The zero-order valence-corrected chi connectivity index (χ0v) is 13.9. The lowest BCUT2D eigenvalue weighted by Crippen LogP contribution is -2.35. The maximum absolute atomic E-state index is 12.4. The summed E-state index contributed by atoms with van der Waals surface area (Å²) >= 11 is 5.23. The highest BCUT2D eigenvalue weighted by molar-refractivity contribution is 7.71. The number of carbonyl (C=O) groups excluding carboxylic acids is 1. The smallest absolute Gasteiger partial charge is 0.242 e. The molecule has 21 heavy (non-hydrogen) atoms. The molecule has 1 saturated carbocycles. The summed E-state index contributed by atoms with van der Waals surface area (Å²) in [4.78, 5) is 14.3. The Balaban J connectivity index is 1.93. The second-order valence-electron chi connectivity index (χ2n) is 6.06. The molecule has 1 aliphatic rings. The molecule has 0 aromatic carbocycles. The fourth-order valence-corrected chi connectivity index (χ4v) is 3.26. The van der Waals surface area contributed by atoms with Crippen LogP contribution in [0.15, 0.2) is 0 Å². The van der Waals surface area contributed by atoms with Gasteiger partial charge in [0, 0.05) is 20.0 Å². The second-order valence-corrected chi connectivity index (χ2v) is 6.45. The van der Waals surface area contributed by atoms with Gasteiger partial charge in [0.1, 0.15) is 12.4 Å². The number of aromatic nitrogens is 3. The molecule has 0 saturated heterocycles. The minimum absolute atomic E-state index is 0.121. The van der Waals surface area contributed by atoms with E-state index >= 15 is 0 Å². The van der Waals surface area contributed by atoms with Crippen molar-refractivity contribution in [1.29, 1.82) is 0 Å². The van der Waals surface area contributed by atoms with Crippen molar-refractivity contribution in [3.05, 3.63) is 10.6 Å². The third-order valence-corrected chi connectivity index (χ3v) is 4.60. The van der Waals surface area contributed by atoms with Gasteiger partial charge >= 0.3 is 0 Å². The van der Waals surface area contributed by atoms with Crippen LogP contribution >= 0.6 is 12.2 Å². The number of rotatable bonds is 6. The zero-order chi connectivity index (χ0) is 15.2. The average Bonchev–Trinajstić information content (AvgIpc) is 2.81. The molecule has 1 aromatic rings. The van der Waals surface area contributed by atoms with Crippen LogP contribution in [0.2, 0.25) is 0 Å². The Kier molecular flexibility index (Phi) is 5.96. The number of nitrogens with zero attached hydrogens (tertiary/aromatic N) is 3. The summed E-state index contributed by atoms with van der Waals surface area (Å²) in [5, 5.41) is 7.00. The van der Waals surface area contributed by atoms with E-state index in [2.05, 4.69) is 17.1 Å². The maximum Gasteiger partial charge on any atom is 0.242 e. The summed E-state index contributed by atoms with van der Waals surface area (Å²) in [7, 11) is 1.90. The maximum atomic E-state index is 12.4. The van der Waals surface area contributed by atoms with E-state index in [0.29, 0.717) is 17.2 Å².